The highest BCUT2D eigenvalue weighted by Gasteiger charge is 2.22. The van der Waals surface area contributed by atoms with Gasteiger partial charge in [-0.05, 0) is 42.8 Å². The minimum Gasteiger partial charge on any atom is -0.493 e. The van der Waals surface area contributed by atoms with Gasteiger partial charge < -0.3 is 19.3 Å². The molecule has 0 aliphatic carbocycles. The maximum Gasteiger partial charge on any atom is 0.246 e. The van der Waals surface area contributed by atoms with Gasteiger partial charge in [-0.2, -0.15) is 0 Å². The number of methoxy groups -OCH3 is 2. The molecular formula is C25H28N4O3. The molecule has 0 bridgehead atoms. The Bertz CT molecular complexity index is 1100. The van der Waals surface area contributed by atoms with Crippen LogP contribution in [-0.4, -0.2) is 60.8 Å². The second-order valence-electron chi connectivity index (χ2n) is 7.69. The van der Waals surface area contributed by atoms with E-state index in [0.29, 0.717) is 24.6 Å². The van der Waals surface area contributed by atoms with Crippen LogP contribution in [0.5, 0.6) is 11.5 Å². The highest BCUT2D eigenvalue weighted by Crippen LogP contribution is 2.28. The SMILES string of the molecule is COc1ccc(/C=C\C(=O)N2CCN(c3nccn3-c3ccc(C)cc3)CC2)cc1OC. The molecule has 4 rings (SSSR count). The molecule has 1 aromatic heterocycles. The van der Waals surface area contributed by atoms with E-state index in [2.05, 4.69) is 45.6 Å². The van der Waals surface area contributed by atoms with Crippen molar-refractivity contribution >= 4 is 17.9 Å². The van der Waals surface area contributed by atoms with Gasteiger partial charge in [-0.15, -0.1) is 0 Å². The van der Waals surface area contributed by atoms with Gasteiger partial charge >= 0.3 is 0 Å². The first-order chi connectivity index (χ1) is 15.6. The van der Waals surface area contributed by atoms with Crippen molar-refractivity contribution in [2.45, 2.75) is 6.92 Å². The van der Waals surface area contributed by atoms with Crippen molar-refractivity contribution in [2.75, 3.05) is 45.3 Å². The van der Waals surface area contributed by atoms with Crippen LogP contribution in [0.3, 0.4) is 0 Å². The second-order valence-corrected chi connectivity index (χ2v) is 7.69. The molecule has 0 unspecified atom stereocenters. The van der Waals surface area contributed by atoms with E-state index in [1.54, 1.807) is 26.4 Å². The van der Waals surface area contributed by atoms with Crippen LogP contribution < -0.4 is 14.4 Å². The number of nitrogens with zero attached hydrogens (tertiary/aromatic N) is 4. The zero-order valence-corrected chi connectivity index (χ0v) is 18.7. The van der Waals surface area contributed by atoms with Crippen LogP contribution in [0.15, 0.2) is 60.9 Å². The summed E-state index contributed by atoms with van der Waals surface area (Å²) in [6.45, 7) is 4.85. The zero-order valence-electron chi connectivity index (χ0n) is 18.7. The Kier molecular flexibility index (Phi) is 6.44. The van der Waals surface area contributed by atoms with E-state index in [9.17, 15) is 4.79 Å². The van der Waals surface area contributed by atoms with Gasteiger partial charge in [0.2, 0.25) is 11.9 Å². The number of piperazine rings is 1. The lowest BCUT2D eigenvalue weighted by Crippen LogP contribution is -2.49. The van der Waals surface area contributed by atoms with Crippen LogP contribution in [0.25, 0.3) is 11.8 Å². The van der Waals surface area contributed by atoms with Gasteiger partial charge in [0.25, 0.3) is 0 Å². The summed E-state index contributed by atoms with van der Waals surface area (Å²) >= 11 is 0. The minimum absolute atomic E-state index is 0.00121. The van der Waals surface area contributed by atoms with Crippen LogP contribution in [0.2, 0.25) is 0 Å². The molecule has 0 radical (unpaired) electrons. The highest BCUT2D eigenvalue weighted by atomic mass is 16.5. The maximum atomic E-state index is 12.7. The van der Waals surface area contributed by atoms with Crippen molar-refractivity contribution in [2.24, 2.45) is 0 Å². The number of carbonyl (C=O) groups excluding carboxylic acids is 1. The van der Waals surface area contributed by atoms with Crippen molar-refractivity contribution in [3.05, 3.63) is 72.1 Å². The molecule has 1 amide bonds. The van der Waals surface area contributed by atoms with Gasteiger partial charge in [0.15, 0.2) is 11.5 Å². The Morgan fingerprint density at radius 3 is 2.38 bits per heavy atom. The molecule has 0 N–H and O–H groups in total. The monoisotopic (exact) mass is 432 g/mol. The summed E-state index contributed by atoms with van der Waals surface area (Å²) < 4.78 is 12.7. The van der Waals surface area contributed by atoms with E-state index in [0.717, 1.165) is 30.3 Å². The van der Waals surface area contributed by atoms with Crippen LogP contribution in [0.1, 0.15) is 11.1 Å². The highest BCUT2D eigenvalue weighted by molar-refractivity contribution is 5.92. The number of carbonyl (C=O) groups is 1. The van der Waals surface area contributed by atoms with Gasteiger partial charge in [-0.25, -0.2) is 4.98 Å². The summed E-state index contributed by atoms with van der Waals surface area (Å²) in [6.07, 6.45) is 7.22. The Morgan fingerprint density at radius 2 is 1.69 bits per heavy atom. The van der Waals surface area contributed by atoms with Gasteiger partial charge in [-0.1, -0.05) is 23.8 Å². The van der Waals surface area contributed by atoms with E-state index in [4.69, 9.17) is 9.47 Å². The van der Waals surface area contributed by atoms with Gasteiger partial charge in [0, 0.05) is 50.3 Å². The average molecular weight is 433 g/mol. The standard InChI is InChI=1S/C25H28N4O3/c1-19-4-8-21(9-5-19)29-13-12-26-25(29)28-16-14-27(15-17-28)24(30)11-7-20-6-10-22(31-2)23(18-20)32-3/h4-13,18H,14-17H2,1-3H3/b11-7-. The molecule has 32 heavy (non-hydrogen) atoms. The van der Waals surface area contributed by atoms with E-state index < -0.39 is 0 Å². The number of aryl methyl sites for hydroxylation is 1. The average Bonchev–Trinajstić information content (AvgIpc) is 3.33. The maximum absolute atomic E-state index is 12.7. The minimum atomic E-state index is 0.00121. The van der Waals surface area contributed by atoms with Gasteiger partial charge in [0.1, 0.15) is 0 Å². The van der Waals surface area contributed by atoms with E-state index in [-0.39, 0.29) is 5.91 Å². The number of anilines is 1. The number of amides is 1. The smallest absolute Gasteiger partial charge is 0.246 e. The first-order valence-corrected chi connectivity index (χ1v) is 10.6. The lowest BCUT2D eigenvalue weighted by molar-refractivity contribution is -0.126. The molecule has 166 valence electrons. The topological polar surface area (TPSA) is 59.8 Å². The fourth-order valence-electron chi connectivity index (χ4n) is 3.79. The van der Waals surface area contributed by atoms with Crippen molar-refractivity contribution in [1.82, 2.24) is 14.5 Å². The summed E-state index contributed by atoms with van der Waals surface area (Å²) in [6, 6.07) is 14.0. The summed E-state index contributed by atoms with van der Waals surface area (Å²) in [7, 11) is 3.20. The van der Waals surface area contributed by atoms with Gasteiger partial charge in [-0.3, -0.25) is 9.36 Å². The van der Waals surface area contributed by atoms with Gasteiger partial charge in [0.05, 0.1) is 14.2 Å². The molecule has 7 heteroatoms. The Balaban J connectivity index is 1.38. The molecule has 1 saturated heterocycles. The predicted octanol–water partition coefficient (Wildman–Crippen LogP) is 3.56. The molecule has 0 spiro atoms. The summed E-state index contributed by atoms with van der Waals surface area (Å²) in [5.74, 6) is 2.21. The molecule has 2 heterocycles. The number of ether oxygens (including phenoxy) is 2. The van der Waals surface area contributed by atoms with Crippen molar-refractivity contribution in [1.29, 1.82) is 0 Å². The third-order valence-electron chi connectivity index (χ3n) is 5.63. The second kappa shape index (κ2) is 9.60. The Labute approximate surface area is 188 Å². The van der Waals surface area contributed by atoms with E-state index in [1.165, 1.54) is 5.56 Å². The Morgan fingerprint density at radius 1 is 0.969 bits per heavy atom. The molecule has 1 aliphatic rings. The van der Waals surface area contributed by atoms with Crippen LogP contribution in [0.4, 0.5) is 5.95 Å². The lowest BCUT2D eigenvalue weighted by Gasteiger charge is -2.35. The number of benzene rings is 2. The molecule has 1 aliphatic heterocycles. The molecule has 0 atom stereocenters. The third kappa shape index (κ3) is 4.61. The summed E-state index contributed by atoms with van der Waals surface area (Å²) in [5.41, 5.74) is 3.19. The molecule has 0 saturated carbocycles. The largest absolute Gasteiger partial charge is 0.493 e. The fraction of sp³-hybridized carbons (Fsp3) is 0.280. The molecule has 3 aromatic rings. The lowest BCUT2D eigenvalue weighted by atomic mass is 10.2. The van der Waals surface area contributed by atoms with Crippen LogP contribution in [-0.2, 0) is 4.79 Å². The molecule has 1 fully saturated rings. The van der Waals surface area contributed by atoms with Crippen molar-refractivity contribution in [3.8, 4) is 17.2 Å². The zero-order chi connectivity index (χ0) is 22.5. The first-order valence-electron chi connectivity index (χ1n) is 10.6. The number of hydrogen-bond acceptors (Lipinski definition) is 5. The normalized spacial score (nSPS) is 14.1. The quantitative estimate of drug-likeness (QED) is 0.558. The third-order valence-corrected chi connectivity index (χ3v) is 5.63. The number of rotatable bonds is 6. The van der Waals surface area contributed by atoms with Crippen molar-refractivity contribution in [3.63, 3.8) is 0 Å². The summed E-state index contributed by atoms with van der Waals surface area (Å²) in [4.78, 5) is 21.4. The number of hydrogen-bond donors (Lipinski definition) is 0. The summed E-state index contributed by atoms with van der Waals surface area (Å²) in [5, 5.41) is 0. The van der Waals surface area contributed by atoms with E-state index >= 15 is 0 Å². The predicted molar refractivity (Wildman–Crippen MR) is 126 cm³/mol. The van der Waals surface area contributed by atoms with Crippen LogP contribution in [0, 0.1) is 6.92 Å². The van der Waals surface area contributed by atoms with E-state index in [1.807, 2.05) is 35.5 Å². The number of aromatic nitrogens is 2. The molecule has 7 nitrogen and oxygen atoms in total. The number of imidazole rings is 1. The first kappa shape index (κ1) is 21.5. The Hall–Kier alpha value is -3.74. The molecule has 2 aromatic carbocycles. The molecular weight excluding hydrogens is 404 g/mol. The van der Waals surface area contributed by atoms with Crippen LogP contribution >= 0.6 is 0 Å². The van der Waals surface area contributed by atoms with Crippen molar-refractivity contribution < 1.29 is 14.3 Å². The fourth-order valence-corrected chi connectivity index (χ4v) is 3.79.